The summed E-state index contributed by atoms with van der Waals surface area (Å²) in [6.07, 6.45) is 1.46. The molecule has 7 nitrogen and oxygen atoms in total. The molecule has 1 saturated heterocycles. The van der Waals surface area contributed by atoms with E-state index in [2.05, 4.69) is 5.32 Å². The number of thioether (sulfide) groups is 1. The molecule has 0 bridgehead atoms. The van der Waals surface area contributed by atoms with Crippen molar-refractivity contribution in [3.8, 4) is 11.5 Å². The quantitative estimate of drug-likeness (QED) is 0.518. The number of amides is 3. The van der Waals surface area contributed by atoms with Crippen LogP contribution in [0.25, 0.3) is 16.8 Å². The predicted octanol–water partition coefficient (Wildman–Crippen LogP) is 4.88. The lowest BCUT2D eigenvalue weighted by molar-refractivity contribution is -0.127. The van der Waals surface area contributed by atoms with Gasteiger partial charge in [-0.25, -0.2) is 0 Å². The molecule has 1 aliphatic heterocycles. The summed E-state index contributed by atoms with van der Waals surface area (Å²) in [4.78, 5) is 38.7. The first kappa shape index (κ1) is 21.7. The van der Waals surface area contributed by atoms with Crippen LogP contribution in [-0.4, -0.2) is 40.7 Å². The maximum Gasteiger partial charge on any atom is 0.294 e. The molecule has 0 saturated carbocycles. The summed E-state index contributed by atoms with van der Waals surface area (Å²) in [6.45, 7) is -0.412. The average Bonchev–Trinajstić information content (AvgIpc) is 3.03. The maximum absolute atomic E-state index is 12.7. The molecule has 0 spiro atoms. The second kappa shape index (κ2) is 8.94. The van der Waals surface area contributed by atoms with Gasteiger partial charge in [0.05, 0.1) is 17.0 Å². The molecule has 2 N–H and O–H groups in total. The van der Waals surface area contributed by atoms with E-state index < -0.39 is 23.6 Å². The van der Waals surface area contributed by atoms with Gasteiger partial charge in [0.2, 0.25) is 5.91 Å². The van der Waals surface area contributed by atoms with Crippen LogP contribution >= 0.6 is 23.4 Å². The van der Waals surface area contributed by atoms with Gasteiger partial charge in [-0.1, -0.05) is 48.0 Å². The van der Waals surface area contributed by atoms with E-state index in [1.165, 1.54) is 25.3 Å². The summed E-state index contributed by atoms with van der Waals surface area (Å²) >= 11 is 6.71. The smallest absolute Gasteiger partial charge is 0.294 e. The summed E-state index contributed by atoms with van der Waals surface area (Å²) in [5.74, 6) is -1.16. The summed E-state index contributed by atoms with van der Waals surface area (Å²) in [7, 11) is 1.37. The van der Waals surface area contributed by atoms with Crippen LogP contribution in [0.1, 0.15) is 5.56 Å². The van der Waals surface area contributed by atoms with Gasteiger partial charge in [0, 0.05) is 11.1 Å². The van der Waals surface area contributed by atoms with E-state index in [0.717, 1.165) is 27.4 Å². The molecule has 32 heavy (non-hydrogen) atoms. The first-order chi connectivity index (χ1) is 15.4. The zero-order chi connectivity index (χ0) is 22.8. The molecular weight excluding hydrogens is 452 g/mol. The van der Waals surface area contributed by atoms with E-state index in [1.807, 2.05) is 36.4 Å². The lowest BCUT2D eigenvalue weighted by Gasteiger charge is -2.13. The summed E-state index contributed by atoms with van der Waals surface area (Å²) in [5.41, 5.74) is 1.07. The molecule has 0 radical (unpaired) electrons. The minimum Gasteiger partial charge on any atom is -0.503 e. The van der Waals surface area contributed by atoms with Crippen LogP contribution in [0.15, 0.2) is 59.5 Å². The molecular formula is C23H17ClN2O5S. The molecule has 1 fully saturated rings. The molecule has 4 rings (SSSR count). The van der Waals surface area contributed by atoms with Gasteiger partial charge in [-0.3, -0.25) is 19.3 Å². The second-order valence-electron chi connectivity index (χ2n) is 6.90. The Hall–Kier alpha value is -3.49. The normalized spacial score (nSPS) is 14.9. The third kappa shape index (κ3) is 4.28. The fourth-order valence-electron chi connectivity index (χ4n) is 3.29. The number of halogens is 1. The Morgan fingerprint density at radius 1 is 1.19 bits per heavy atom. The second-order valence-corrected chi connectivity index (χ2v) is 8.30. The number of phenols is 1. The van der Waals surface area contributed by atoms with Crippen molar-refractivity contribution in [1.82, 2.24) is 4.90 Å². The Kier molecular flexibility index (Phi) is 6.07. The van der Waals surface area contributed by atoms with Crippen LogP contribution < -0.4 is 10.1 Å². The number of carbonyl (C=O) groups excluding carboxylic acids is 3. The Morgan fingerprint density at radius 2 is 1.94 bits per heavy atom. The van der Waals surface area contributed by atoms with Gasteiger partial charge < -0.3 is 15.2 Å². The molecule has 0 aromatic heterocycles. The summed E-state index contributed by atoms with van der Waals surface area (Å²) < 4.78 is 5.05. The van der Waals surface area contributed by atoms with Gasteiger partial charge in [-0.05, 0) is 47.0 Å². The number of imide groups is 1. The van der Waals surface area contributed by atoms with Gasteiger partial charge >= 0.3 is 0 Å². The van der Waals surface area contributed by atoms with Crippen LogP contribution in [0.3, 0.4) is 0 Å². The molecule has 0 atom stereocenters. The number of anilines is 1. The van der Waals surface area contributed by atoms with Gasteiger partial charge in [-0.15, -0.1) is 0 Å². The third-order valence-corrected chi connectivity index (χ3v) is 6.00. The number of nitrogens with zero attached hydrogens (tertiary/aromatic N) is 1. The van der Waals surface area contributed by atoms with Crippen molar-refractivity contribution < 1.29 is 24.2 Å². The lowest BCUT2D eigenvalue weighted by Crippen LogP contribution is -2.36. The van der Waals surface area contributed by atoms with Gasteiger partial charge in [0.25, 0.3) is 11.1 Å². The van der Waals surface area contributed by atoms with E-state index in [-0.39, 0.29) is 21.4 Å². The Labute approximate surface area is 192 Å². The molecule has 9 heteroatoms. The SMILES string of the molecule is COc1cc(/C=C2\SC(=O)N(CC(=O)Nc3cccc4ccccc34)C2=O)cc(Cl)c1O. The highest BCUT2D eigenvalue weighted by atomic mass is 35.5. The molecule has 3 amide bonds. The molecule has 3 aromatic carbocycles. The van der Waals surface area contributed by atoms with Crippen molar-refractivity contribution in [1.29, 1.82) is 0 Å². The van der Waals surface area contributed by atoms with Gasteiger partial charge in [-0.2, -0.15) is 0 Å². The van der Waals surface area contributed by atoms with E-state index >= 15 is 0 Å². The Balaban J connectivity index is 1.51. The minimum atomic E-state index is -0.587. The van der Waals surface area contributed by atoms with Gasteiger partial charge in [0.15, 0.2) is 11.5 Å². The van der Waals surface area contributed by atoms with Crippen molar-refractivity contribution >= 4 is 63.0 Å². The van der Waals surface area contributed by atoms with Crippen molar-refractivity contribution in [2.75, 3.05) is 19.0 Å². The number of carbonyl (C=O) groups is 3. The van der Waals surface area contributed by atoms with Gasteiger partial charge in [0.1, 0.15) is 6.54 Å². The number of nitrogens with one attached hydrogen (secondary N) is 1. The van der Waals surface area contributed by atoms with Crippen molar-refractivity contribution in [2.24, 2.45) is 0 Å². The van der Waals surface area contributed by atoms with E-state index in [4.69, 9.17) is 16.3 Å². The molecule has 1 heterocycles. The fourth-order valence-corrected chi connectivity index (χ4v) is 4.35. The number of phenolic OH excluding ortho intramolecular Hbond substituents is 1. The van der Waals surface area contributed by atoms with Crippen molar-refractivity contribution in [3.63, 3.8) is 0 Å². The monoisotopic (exact) mass is 468 g/mol. The highest BCUT2D eigenvalue weighted by molar-refractivity contribution is 8.18. The van der Waals surface area contributed by atoms with E-state index in [1.54, 1.807) is 6.07 Å². The largest absolute Gasteiger partial charge is 0.503 e. The highest BCUT2D eigenvalue weighted by Gasteiger charge is 2.36. The first-order valence-electron chi connectivity index (χ1n) is 9.47. The lowest BCUT2D eigenvalue weighted by atomic mass is 10.1. The zero-order valence-corrected chi connectivity index (χ0v) is 18.4. The summed E-state index contributed by atoms with van der Waals surface area (Å²) in [5, 5.41) is 13.9. The Bertz CT molecular complexity index is 1290. The standard InChI is InChI=1S/C23H17ClN2O5S/c1-31-18-10-13(9-16(24)21(18)28)11-19-22(29)26(23(30)32-19)12-20(27)25-17-8-4-6-14-5-2-3-7-15(14)17/h2-11,28H,12H2,1H3,(H,25,27)/b19-11-. The van der Waals surface area contributed by atoms with Crippen molar-refractivity contribution in [3.05, 3.63) is 70.1 Å². The number of methoxy groups -OCH3 is 1. The van der Waals surface area contributed by atoms with Crippen LogP contribution in [0.4, 0.5) is 10.5 Å². The van der Waals surface area contributed by atoms with Crippen LogP contribution in [0.5, 0.6) is 11.5 Å². The van der Waals surface area contributed by atoms with Crippen molar-refractivity contribution in [2.45, 2.75) is 0 Å². The highest BCUT2D eigenvalue weighted by Crippen LogP contribution is 2.38. The number of hydrogen-bond acceptors (Lipinski definition) is 6. The van der Waals surface area contributed by atoms with E-state index in [9.17, 15) is 19.5 Å². The maximum atomic E-state index is 12.7. The third-order valence-electron chi connectivity index (χ3n) is 4.81. The molecule has 0 unspecified atom stereocenters. The topological polar surface area (TPSA) is 95.9 Å². The Morgan fingerprint density at radius 3 is 2.72 bits per heavy atom. The van der Waals surface area contributed by atoms with Crippen LogP contribution in [-0.2, 0) is 9.59 Å². The summed E-state index contributed by atoms with van der Waals surface area (Å²) in [6, 6.07) is 16.0. The zero-order valence-electron chi connectivity index (χ0n) is 16.8. The minimum absolute atomic E-state index is 0.0456. The number of benzene rings is 3. The number of rotatable bonds is 5. The first-order valence-corrected chi connectivity index (χ1v) is 10.7. The molecule has 162 valence electrons. The molecule has 1 aliphatic rings. The predicted molar refractivity (Wildman–Crippen MR) is 125 cm³/mol. The molecule has 3 aromatic rings. The molecule has 0 aliphatic carbocycles. The number of ether oxygens (including phenoxy) is 1. The fraction of sp³-hybridized carbons (Fsp3) is 0.0870. The number of fused-ring (bicyclic) bond motifs is 1. The number of aromatic hydroxyl groups is 1. The number of hydrogen-bond donors (Lipinski definition) is 2. The van der Waals surface area contributed by atoms with Crippen LogP contribution in [0.2, 0.25) is 5.02 Å². The average molecular weight is 469 g/mol. The van der Waals surface area contributed by atoms with Crippen LogP contribution in [0, 0.1) is 0 Å². The van der Waals surface area contributed by atoms with E-state index in [0.29, 0.717) is 11.3 Å².